The monoisotopic (exact) mass is 243 g/mol. The van der Waals surface area contributed by atoms with Gasteiger partial charge >= 0.3 is 0 Å². The van der Waals surface area contributed by atoms with Crippen molar-refractivity contribution in [3.63, 3.8) is 0 Å². The second-order valence-electron chi connectivity index (χ2n) is 2.00. The SMILES string of the molecule is CSc1c(Br)cccc1N=C=O. The molecule has 2 nitrogen and oxygen atoms in total. The predicted octanol–water partition coefficient (Wildman–Crippen LogP) is 3.14. The second-order valence-corrected chi connectivity index (χ2v) is 3.67. The van der Waals surface area contributed by atoms with Gasteiger partial charge in [0.1, 0.15) is 0 Å². The lowest BCUT2D eigenvalue weighted by Gasteiger charge is -2.01. The summed E-state index contributed by atoms with van der Waals surface area (Å²) in [6, 6.07) is 5.52. The fourth-order valence-corrected chi connectivity index (χ4v) is 2.26. The van der Waals surface area contributed by atoms with Crippen molar-refractivity contribution in [1.82, 2.24) is 0 Å². The Balaban J connectivity index is 3.26. The van der Waals surface area contributed by atoms with E-state index in [1.165, 1.54) is 6.08 Å². The van der Waals surface area contributed by atoms with Crippen LogP contribution in [0.15, 0.2) is 32.6 Å². The highest BCUT2D eigenvalue weighted by Crippen LogP contribution is 2.34. The highest BCUT2D eigenvalue weighted by atomic mass is 79.9. The Kier molecular flexibility index (Phi) is 3.53. The number of benzene rings is 1. The molecule has 0 bridgehead atoms. The van der Waals surface area contributed by atoms with Gasteiger partial charge in [0.05, 0.1) is 5.69 Å². The van der Waals surface area contributed by atoms with Crippen LogP contribution in [0.5, 0.6) is 0 Å². The van der Waals surface area contributed by atoms with E-state index in [1.807, 2.05) is 18.4 Å². The molecule has 0 amide bonds. The van der Waals surface area contributed by atoms with Crippen molar-refractivity contribution in [3.8, 4) is 0 Å². The van der Waals surface area contributed by atoms with Crippen LogP contribution in [0.1, 0.15) is 0 Å². The Hall–Kier alpha value is -0.570. The van der Waals surface area contributed by atoms with Crippen LogP contribution < -0.4 is 0 Å². The molecule has 0 spiro atoms. The highest BCUT2D eigenvalue weighted by molar-refractivity contribution is 9.10. The van der Waals surface area contributed by atoms with E-state index in [0.29, 0.717) is 5.69 Å². The summed E-state index contributed by atoms with van der Waals surface area (Å²) in [5.74, 6) is 0. The lowest BCUT2D eigenvalue weighted by atomic mass is 10.3. The molecule has 0 unspecified atom stereocenters. The normalized spacial score (nSPS) is 9.17. The molecule has 1 aromatic carbocycles. The molecule has 0 aliphatic carbocycles. The Morgan fingerprint density at radius 2 is 2.33 bits per heavy atom. The number of aliphatic imine (C=N–C) groups is 1. The largest absolute Gasteiger partial charge is 0.240 e. The molecule has 0 saturated carbocycles. The zero-order valence-electron chi connectivity index (χ0n) is 6.37. The first-order valence-electron chi connectivity index (χ1n) is 3.20. The number of isocyanates is 1. The second kappa shape index (κ2) is 4.45. The predicted molar refractivity (Wildman–Crippen MR) is 53.7 cm³/mol. The fourth-order valence-electron chi connectivity index (χ4n) is 0.837. The van der Waals surface area contributed by atoms with E-state index in [9.17, 15) is 4.79 Å². The van der Waals surface area contributed by atoms with E-state index in [-0.39, 0.29) is 0 Å². The number of rotatable bonds is 2. The number of hydrogen-bond acceptors (Lipinski definition) is 3. The zero-order valence-corrected chi connectivity index (χ0v) is 8.78. The average molecular weight is 244 g/mol. The van der Waals surface area contributed by atoms with Crippen LogP contribution in [-0.2, 0) is 4.79 Å². The minimum absolute atomic E-state index is 0.659. The molecule has 0 heterocycles. The van der Waals surface area contributed by atoms with E-state index < -0.39 is 0 Å². The third-order valence-electron chi connectivity index (χ3n) is 1.32. The number of halogens is 1. The van der Waals surface area contributed by atoms with Gasteiger partial charge in [-0.3, -0.25) is 0 Å². The Bertz CT molecular complexity index is 334. The highest BCUT2D eigenvalue weighted by Gasteiger charge is 2.03. The van der Waals surface area contributed by atoms with E-state index in [2.05, 4.69) is 20.9 Å². The van der Waals surface area contributed by atoms with Crippen LogP contribution in [0.25, 0.3) is 0 Å². The van der Waals surface area contributed by atoms with Crippen molar-refractivity contribution in [2.24, 2.45) is 4.99 Å². The summed E-state index contributed by atoms with van der Waals surface area (Å²) in [7, 11) is 0. The maximum atomic E-state index is 10.0. The maximum absolute atomic E-state index is 10.0. The molecule has 1 rings (SSSR count). The van der Waals surface area contributed by atoms with Gasteiger partial charge in [-0.05, 0) is 34.3 Å². The van der Waals surface area contributed by atoms with E-state index in [4.69, 9.17) is 0 Å². The summed E-state index contributed by atoms with van der Waals surface area (Å²) >= 11 is 4.91. The summed E-state index contributed by atoms with van der Waals surface area (Å²) < 4.78 is 0.950. The molecule has 0 N–H and O–H groups in total. The van der Waals surface area contributed by atoms with Crippen molar-refractivity contribution >= 4 is 39.5 Å². The lowest BCUT2D eigenvalue weighted by Crippen LogP contribution is -1.74. The van der Waals surface area contributed by atoms with Crippen molar-refractivity contribution in [1.29, 1.82) is 0 Å². The Labute approximate surface area is 83.2 Å². The Morgan fingerprint density at radius 1 is 1.58 bits per heavy atom. The van der Waals surface area contributed by atoms with Gasteiger partial charge in [-0.1, -0.05) is 6.07 Å². The van der Waals surface area contributed by atoms with Gasteiger partial charge in [-0.2, -0.15) is 4.99 Å². The third kappa shape index (κ3) is 1.97. The van der Waals surface area contributed by atoms with Crippen LogP contribution in [-0.4, -0.2) is 12.3 Å². The van der Waals surface area contributed by atoms with Gasteiger partial charge in [-0.15, -0.1) is 11.8 Å². The van der Waals surface area contributed by atoms with Gasteiger partial charge in [0.25, 0.3) is 0 Å². The minimum Gasteiger partial charge on any atom is -0.211 e. The van der Waals surface area contributed by atoms with Crippen LogP contribution in [0.2, 0.25) is 0 Å². The van der Waals surface area contributed by atoms with Gasteiger partial charge in [0.15, 0.2) is 0 Å². The summed E-state index contributed by atoms with van der Waals surface area (Å²) in [5.41, 5.74) is 0.659. The quantitative estimate of drug-likeness (QED) is 0.454. The zero-order chi connectivity index (χ0) is 8.97. The minimum atomic E-state index is 0.659. The van der Waals surface area contributed by atoms with Crippen LogP contribution in [0.3, 0.4) is 0 Å². The topological polar surface area (TPSA) is 29.4 Å². The fraction of sp³-hybridized carbons (Fsp3) is 0.125. The van der Waals surface area contributed by atoms with Gasteiger partial charge in [0.2, 0.25) is 6.08 Å². The first-order valence-corrected chi connectivity index (χ1v) is 5.21. The number of hydrogen-bond donors (Lipinski definition) is 0. The smallest absolute Gasteiger partial charge is 0.211 e. The van der Waals surface area contributed by atoms with E-state index >= 15 is 0 Å². The van der Waals surface area contributed by atoms with Crippen molar-refractivity contribution < 1.29 is 4.79 Å². The molecular weight excluding hydrogens is 238 g/mol. The molecule has 0 saturated heterocycles. The molecular formula is C8H6BrNOS. The summed E-state index contributed by atoms with van der Waals surface area (Å²) in [6.45, 7) is 0. The number of nitrogens with zero attached hydrogens (tertiary/aromatic N) is 1. The van der Waals surface area contributed by atoms with E-state index in [0.717, 1.165) is 9.37 Å². The molecule has 0 aromatic heterocycles. The first-order chi connectivity index (χ1) is 5.79. The van der Waals surface area contributed by atoms with Crippen molar-refractivity contribution in [3.05, 3.63) is 22.7 Å². The maximum Gasteiger partial charge on any atom is 0.240 e. The number of carbonyl (C=O) groups excluding carboxylic acids is 1. The van der Waals surface area contributed by atoms with Gasteiger partial charge in [-0.25, -0.2) is 4.79 Å². The van der Waals surface area contributed by atoms with Gasteiger partial charge in [0, 0.05) is 9.37 Å². The Morgan fingerprint density at radius 3 is 2.92 bits per heavy atom. The molecule has 62 valence electrons. The van der Waals surface area contributed by atoms with Crippen molar-refractivity contribution in [2.45, 2.75) is 4.90 Å². The molecule has 12 heavy (non-hydrogen) atoms. The van der Waals surface area contributed by atoms with Crippen LogP contribution in [0, 0.1) is 0 Å². The molecule has 0 radical (unpaired) electrons. The molecule has 0 aliphatic heterocycles. The summed E-state index contributed by atoms with van der Waals surface area (Å²) in [5, 5.41) is 0. The van der Waals surface area contributed by atoms with Gasteiger partial charge < -0.3 is 0 Å². The third-order valence-corrected chi connectivity index (χ3v) is 3.08. The lowest BCUT2D eigenvalue weighted by molar-refractivity contribution is 0.565. The average Bonchev–Trinajstić information content (AvgIpc) is 2.05. The molecule has 4 heteroatoms. The van der Waals surface area contributed by atoms with Crippen molar-refractivity contribution in [2.75, 3.05) is 6.26 Å². The summed E-state index contributed by atoms with van der Waals surface area (Å²) in [6.07, 6.45) is 3.46. The number of thioether (sulfide) groups is 1. The van der Waals surface area contributed by atoms with E-state index in [1.54, 1.807) is 17.8 Å². The summed E-state index contributed by atoms with van der Waals surface area (Å²) in [4.78, 5) is 14.6. The first kappa shape index (κ1) is 9.52. The molecule has 0 fully saturated rings. The standard InChI is InChI=1S/C8H6BrNOS/c1-12-8-6(9)3-2-4-7(8)10-5-11/h2-4H,1H3. The van der Waals surface area contributed by atoms with Crippen LogP contribution >= 0.6 is 27.7 Å². The molecule has 0 aliphatic rings. The molecule has 0 atom stereocenters. The molecule has 1 aromatic rings. The van der Waals surface area contributed by atoms with Crippen LogP contribution in [0.4, 0.5) is 5.69 Å².